The predicted molar refractivity (Wildman–Crippen MR) is 82.2 cm³/mol. The van der Waals surface area contributed by atoms with Gasteiger partial charge in [-0.25, -0.2) is 4.98 Å². The summed E-state index contributed by atoms with van der Waals surface area (Å²) in [6, 6.07) is 13.2. The van der Waals surface area contributed by atoms with Crippen LogP contribution in [0.3, 0.4) is 0 Å². The lowest BCUT2D eigenvalue weighted by Gasteiger charge is -2.13. The molecule has 0 saturated heterocycles. The molecule has 0 amide bonds. The lowest BCUT2D eigenvalue weighted by Crippen LogP contribution is -2.19. The highest BCUT2D eigenvalue weighted by molar-refractivity contribution is 5.36. The summed E-state index contributed by atoms with van der Waals surface area (Å²) >= 11 is 0. The molecule has 2 rings (SSSR count). The average molecular weight is 281 g/mol. The molecule has 1 aromatic heterocycles. The van der Waals surface area contributed by atoms with E-state index in [-0.39, 0.29) is 6.04 Å². The molecule has 21 heavy (non-hydrogen) atoms. The highest BCUT2D eigenvalue weighted by Crippen LogP contribution is 2.21. The van der Waals surface area contributed by atoms with Gasteiger partial charge in [-0.3, -0.25) is 0 Å². The Morgan fingerprint density at radius 1 is 1.24 bits per heavy atom. The number of nitrogens with zero attached hydrogens (tertiary/aromatic N) is 2. The summed E-state index contributed by atoms with van der Waals surface area (Å²) in [6.45, 7) is 5.25. The number of pyridine rings is 1. The topological polar surface area (TPSA) is 57.9 Å². The molecule has 0 aliphatic heterocycles. The fourth-order valence-electron chi connectivity index (χ4n) is 1.91. The van der Waals surface area contributed by atoms with E-state index in [1.54, 1.807) is 24.3 Å². The van der Waals surface area contributed by atoms with Crippen LogP contribution in [0.5, 0.6) is 11.6 Å². The van der Waals surface area contributed by atoms with Crippen LogP contribution in [0.4, 0.5) is 0 Å². The van der Waals surface area contributed by atoms with E-state index in [9.17, 15) is 0 Å². The molecule has 1 aromatic carbocycles. The summed E-state index contributed by atoms with van der Waals surface area (Å²) in [5.74, 6) is 1.22. The number of nitriles is 1. The summed E-state index contributed by atoms with van der Waals surface area (Å²) in [4.78, 5) is 4.32. The summed E-state index contributed by atoms with van der Waals surface area (Å²) < 4.78 is 5.65. The van der Waals surface area contributed by atoms with Gasteiger partial charge in [0.2, 0.25) is 5.88 Å². The van der Waals surface area contributed by atoms with E-state index in [4.69, 9.17) is 10.00 Å². The molecule has 0 bridgehead atoms. The molecular formula is C17H19N3O. The Hall–Kier alpha value is -2.38. The molecule has 0 saturated carbocycles. The largest absolute Gasteiger partial charge is 0.439 e. The molecule has 0 spiro atoms. The number of hydrogen-bond acceptors (Lipinski definition) is 4. The van der Waals surface area contributed by atoms with Crippen molar-refractivity contribution < 1.29 is 4.74 Å². The van der Waals surface area contributed by atoms with Crippen molar-refractivity contribution in [3.05, 3.63) is 53.7 Å². The Kier molecular flexibility index (Phi) is 5.30. The van der Waals surface area contributed by atoms with E-state index in [1.165, 1.54) is 0 Å². The van der Waals surface area contributed by atoms with Gasteiger partial charge >= 0.3 is 0 Å². The lowest BCUT2D eigenvalue weighted by molar-refractivity contribution is 0.461. The van der Waals surface area contributed by atoms with E-state index < -0.39 is 0 Å². The second kappa shape index (κ2) is 7.41. The minimum atomic E-state index is 0.279. The normalized spacial score (nSPS) is 11.7. The van der Waals surface area contributed by atoms with Gasteiger partial charge in [-0.1, -0.05) is 13.0 Å². The van der Waals surface area contributed by atoms with E-state index in [2.05, 4.69) is 30.2 Å². The van der Waals surface area contributed by atoms with Crippen molar-refractivity contribution in [2.75, 3.05) is 6.54 Å². The highest BCUT2D eigenvalue weighted by atomic mass is 16.5. The highest BCUT2D eigenvalue weighted by Gasteiger charge is 2.05. The molecule has 1 unspecified atom stereocenters. The second-order valence-electron chi connectivity index (χ2n) is 4.84. The van der Waals surface area contributed by atoms with Crippen molar-refractivity contribution in [3.8, 4) is 17.7 Å². The molecule has 4 heteroatoms. The predicted octanol–water partition coefficient (Wildman–Crippen LogP) is 3.81. The van der Waals surface area contributed by atoms with Crippen LogP contribution in [0.2, 0.25) is 0 Å². The monoisotopic (exact) mass is 281 g/mol. The average Bonchev–Trinajstić information content (AvgIpc) is 2.54. The molecule has 0 fully saturated rings. The minimum Gasteiger partial charge on any atom is -0.439 e. The Morgan fingerprint density at radius 2 is 2.00 bits per heavy atom. The second-order valence-corrected chi connectivity index (χ2v) is 4.84. The molecule has 4 nitrogen and oxygen atoms in total. The number of benzene rings is 1. The molecule has 0 radical (unpaired) electrons. The van der Waals surface area contributed by atoms with Gasteiger partial charge < -0.3 is 10.1 Å². The van der Waals surface area contributed by atoms with E-state index >= 15 is 0 Å². The third-order valence-corrected chi connectivity index (χ3v) is 3.17. The van der Waals surface area contributed by atoms with Gasteiger partial charge in [0.25, 0.3) is 0 Å². The number of rotatable bonds is 6. The van der Waals surface area contributed by atoms with Crippen LogP contribution in [0.25, 0.3) is 0 Å². The molecule has 0 aliphatic carbocycles. The SMILES string of the molecule is CCCNC(C)c1ccc(Oc2ccc(C#N)cc2)nc1. The summed E-state index contributed by atoms with van der Waals surface area (Å²) in [5, 5.41) is 12.2. The number of hydrogen-bond donors (Lipinski definition) is 1. The summed E-state index contributed by atoms with van der Waals surface area (Å²) in [5.41, 5.74) is 1.75. The van der Waals surface area contributed by atoms with Crippen LogP contribution < -0.4 is 10.1 Å². The molecule has 0 aliphatic rings. The number of nitrogens with one attached hydrogen (secondary N) is 1. The van der Waals surface area contributed by atoms with Gasteiger partial charge in [0.1, 0.15) is 5.75 Å². The Morgan fingerprint density at radius 3 is 2.57 bits per heavy atom. The lowest BCUT2D eigenvalue weighted by atomic mass is 10.1. The zero-order valence-electron chi connectivity index (χ0n) is 12.3. The van der Waals surface area contributed by atoms with Gasteiger partial charge in [-0.05, 0) is 49.7 Å². The maximum atomic E-state index is 8.75. The number of ether oxygens (including phenoxy) is 1. The van der Waals surface area contributed by atoms with Crippen LogP contribution in [-0.4, -0.2) is 11.5 Å². The summed E-state index contributed by atoms with van der Waals surface area (Å²) in [6.07, 6.45) is 2.93. The third-order valence-electron chi connectivity index (χ3n) is 3.17. The minimum absolute atomic E-state index is 0.279. The van der Waals surface area contributed by atoms with E-state index in [0.717, 1.165) is 18.5 Å². The number of aromatic nitrogens is 1. The van der Waals surface area contributed by atoms with E-state index in [0.29, 0.717) is 17.2 Å². The zero-order valence-corrected chi connectivity index (χ0v) is 12.3. The zero-order chi connectivity index (χ0) is 15.1. The third kappa shape index (κ3) is 4.30. The Labute approximate surface area is 125 Å². The van der Waals surface area contributed by atoms with Crippen molar-refractivity contribution in [3.63, 3.8) is 0 Å². The van der Waals surface area contributed by atoms with Crippen LogP contribution in [0, 0.1) is 11.3 Å². The van der Waals surface area contributed by atoms with Gasteiger partial charge in [0.05, 0.1) is 11.6 Å². The molecule has 1 atom stereocenters. The maximum absolute atomic E-state index is 8.75. The Balaban J connectivity index is 2.00. The summed E-state index contributed by atoms with van der Waals surface area (Å²) in [7, 11) is 0. The van der Waals surface area contributed by atoms with Gasteiger partial charge in [-0.15, -0.1) is 0 Å². The molecule has 1 N–H and O–H groups in total. The smallest absolute Gasteiger partial charge is 0.219 e. The van der Waals surface area contributed by atoms with Gasteiger partial charge in [-0.2, -0.15) is 5.26 Å². The van der Waals surface area contributed by atoms with Gasteiger partial charge in [0, 0.05) is 18.3 Å². The first kappa shape index (κ1) is 15.0. The molecule has 108 valence electrons. The van der Waals surface area contributed by atoms with E-state index in [1.807, 2.05) is 18.3 Å². The van der Waals surface area contributed by atoms with Crippen molar-refractivity contribution in [1.82, 2.24) is 10.3 Å². The standard InChI is InChI=1S/C17H19N3O/c1-3-10-19-13(2)15-6-9-17(20-12-15)21-16-7-4-14(11-18)5-8-16/h4-9,12-13,19H,3,10H2,1-2H3. The first-order valence-corrected chi connectivity index (χ1v) is 7.10. The van der Waals surface area contributed by atoms with Crippen molar-refractivity contribution in [2.24, 2.45) is 0 Å². The van der Waals surface area contributed by atoms with Crippen LogP contribution in [0.1, 0.15) is 37.4 Å². The maximum Gasteiger partial charge on any atom is 0.219 e. The van der Waals surface area contributed by atoms with Crippen LogP contribution >= 0.6 is 0 Å². The van der Waals surface area contributed by atoms with Crippen molar-refractivity contribution >= 4 is 0 Å². The quantitative estimate of drug-likeness (QED) is 0.874. The molecular weight excluding hydrogens is 262 g/mol. The van der Waals surface area contributed by atoms with Crippen molar-refractivity contribution in [2.45, 2.75) is 26.3 Å². The van der Waals surface area contributed by atoms with Crippen LogP contribution in [-0.2, 0) is 0 Å². The Bertz CT molecular complexity index is 599. The van der Waals surface area contributed by atoms with Gasteiger partial charge in [0.15, 0.2) is 0 Å². The fraction of sp³-hybridized carbons (Fsp3) is 0.294. The van der Waals surface area contributed by atoms with Crippen LogP contribution in [0.15, 0.2) is 42.6 Å². The fourth-order valence-corrected chi connectivity index (χ4v) is 1.91. The first-order chi connectivity index (χ1) is 10.2. The molecule has 1 heterocycles. The molecule has 2 aromatic rings. The first-order valence-electron chi connectivity index (χ1n) is 7.10. The van der Waals surface area contributed by atoms with Crippen molar-refractivity contribution in [1.29, 1.82) is 5.26 Å².